The highest BCUT2D eigenvalue weighted by Crippen LogP contribution is 2.35. The number of thioether (sulfide) groups is 1. The van der Waals surface area contributed by atoms with Gasteiger partial charge in [-0.2, -0.15) is 0 Å². The van der Waals surface area contributed by atoms with Gasteiger partial charge in [0.1, 0.15) is 5.69 Å². The standard InChI is InChI=1S/C10H14N2O4S/c1-11-8-3-2-4-9(10(8)12(15)16)17-6-7(14)5-13/h2-4,7,11,13-14H,5-6H2,1H3. The molecule has 0 fully saturated rings. The number of aliphatic hydroxyl groups is 2. The Morgan fingerprint density at radius 1 is 1.59 bits per heavy atom. The maximum Gasteiger partial charge on any atom is 0.305 e. The van der Waals surface area contributed by atoms with Crippen LogP contribution in [0.25, 0.3) is 0 Å². The molecule has 7 heteroatoms. The summed E-state index contributed by atoms with van der Waals surface area (Å²) < 4.78 is 0. The largest absolute Gasteiger partial charge is 0.394 e. The summed E-state index contributed by atoms with van der Waals surface area (Å²) in [6.07, 6.45) is -0.877. The average molecular weight is 258 g/mol. The smallest absolute Gasteiger partial charge is 0.305 e. The van der Waals surface area contributed by atoms with E-state index in [-0.39, 0.29) is 18.0 Å². The predicted octanol–water partition coefficient (Wildman–Crippen LogP) is 1.08. The zero-order valence-electron chi connectivity index (χ0n) is 9.29. The molecule has 0 aliphatic carbocycles. The molecule has 0 saturated heterocycles. The molecule has 0 aliphatic rings. The summed E-state index contributed by atoms with van der Waals surface area (Å²) in [6, 6.07) is 4.94. The van der Waals surface area contributed by atoms with E-state index in [1.54, 1.807) is 25.2 Å². The molecule has 1 rings (SSSR count). The number of hydrogen-bond donors (Lipinski definition) is 3. The van der Waals surface area contributed by atoms with Crippen LogP contribution in [0, 0.1) is 10.1 Å². The zero-order valence-corrected chi connectivity index (χ0v) is 10.1. The number of benzene rings is 1. The lowest BCUT2D eigenvalue weighted by molar-refractivity contribution is -0.386. The first-order valence-electron chi connectivity index (χ1n) is 4.97. The van der Waals surface area contributed by atoms with Gasteiger partial charge in [-0.1, -0.05) is 6.07 Å². The van der Waals surface area contributed by atoms with Crippen LogP contribution in [0.15, 0.2) is 23.1 Å². The summed E-state index contributed by atoms with van der Waals surface area (Å²) in [5.41, 5.74) is 0.420. The molecule has 1 aromatic carbocycles. The number of hydrogen-bond acceptors (Lipinski definition) is 6. The molecule has 0 bridgehead atoms. The van der Waals surface area contributed by atoms with E-state index in [2.05, 4.69) is 5.32 Å². The number of nitro groups is 1. The van der Waals surface area contributed by atoms with E-state index >= 15 is 0 Å². The van der Waals surface area contributed by atoms with Crippen LogP contribution < -0.4 is 5.32 Å². The van der Waals surface area contributed by atoms with Crippen LogP contribution in [0.1, 0.15) is 0 Å². The minimum Gasteiger partial charge on any atom is -0.394 e. The van der Waals surface area contributed by atoms with Crippen molar-refractivity contribution in [2.75, 3.05) is 24.7 Å². The van der Waals surface area contributed by atoms with Crippen LogP contribution in [-0.2, 0) is 0 Å². The fourth-order valence-electron chi connectivity index (χ4n) is 1.27. The second-order valence-electron chi connectivity index (χ2n) is 3.31. The lowest BCUT2D eigenvalue weighted by Gasteiger charge is -2.09. The van der Waals surface area contributed by atoms with Crippen molar-refractivity contribution in [2.24, 2.45) is 0 Å². The average Bonchev–Trinajstić information content (AvgIpc) is 2.34. The van der Waals surface area contributed by atoms with Crippen LogP contribution in [0.5, 0.6) is 0 Å². The van der Waals surface area contributed by atoms with E-state index in [0.717, 1.165) is 11.8 Å². The van der Waals surface area contributed by atoms with Gasteiger partial charge in [0.15, 0.2) is 0 Å². The van der Waals surface area contributed by atoms with Crippen LogP contribution in [0.4, 0.5) is 11.4 Å². The Bertz CT molecular complexity index is 400. The van der Waals surface area contributed by atoms with Crippen LogP contribution in [0.3, 0.4) is 0 Å². The Balaban J connectivity index is 2.94. The number of rotatable bonds is 6. The van der Waals surface area contributed by atoms with E-state index in [0.29, 0.717) is 10.6 Å². The topological polar surface area (TPSA) is 95.6 Å². The van der Waals surface area contributed by atoms with E-state index in [9.17, 15) is 15.2 Å². The monoisotopic (exact) mass is 258 g/mol. The van der Waals surface area contributed by atoms with Gasteiger partial charge in [0.25, 0.3) is 0 Å². The fourth-order valence-corrected chi connectivity index (χ4v) is 2.24. The summed E-state index contributed by atoms with van der Waals surface area (Å²) in [6.45, 7) is -0.355. The Labute approximate surface area is 103 Å². The van der Waals surface area contributed by atoms with Crippen molar-refractivity contribution >= 4 is 23.1 Å². The minimum atomic E-state index is -0.877. The predicted molar refractivity (Wildman–Crippen MR) is 66.5 cm³/mol. The first kappa shape index (κ1) is 13.8. The highest BCUT2D eigenvalue weighted by Gasteiger charge is 2.19. The van der Waals surface area contributed by atoms with Crippen molar-refractivity contribution in [1.29, 1.82) is 0 Å². The molecule has 0 radical (unpaired) electrons. The number of nitrogens with one attached hydrogen (secondary N) is 1. The third-order valence-electron chi connectivity index (χ3n) is 2.09. The maximum absolute atomic E-state index is 11.0. The first-order valence-corrected chi connectivity index (χ1v) is 5.95. The SMILES string of the molecule is CNc1cccc(SCC(O)CO)c1[N+](=O)[O-]. The number of para-hydroxylation sites is 1. The van der Waals surface area contributed by atoms with Crippen molar-refractivity contribution in [3.8, 4) is 0 Å². The molecule has 1 unspecified atom stereocenters. The fraction of sp³-hybridized carbons (Fsp3) is 0.400. The molecule has 0 aromatic heterocycles. The number of anilines is 1. The molecule has 0 saturated carbocycles. The van der Waals surface area contributed by atoms with Gasteiger partial charge in [0, 0.05) is 12.8 Å². The van der Waals surface area contributed by atoms with Crippen LogP contribution in [-0.4, -0.2) is 40.6 Å². The number of aliphatic hydroxyl groups excluding tert-OH is 2. The molecule has 1 atom stereocenters. The normalized spacial score (nSPS) is 12.2. The summed E-state index contributed by atoms with van der Waals surface area (Å²) in [5, 5.41) is 31.6. The molecule has 0 heterocycles. The lowest BCUT2D eigenvalue weighted by atomic mass is 10.3. The third kappa shape index (κ3) is 3.58. The molecule has 6 nitrogen and oxygen atoms in total. The Morgan fingerprint density at radius 2 is 2.29 bits per heavy atom. The van der Waals surface area contributed by atoms with Gasteiger partial charge < -0.3 is 15.5 Å². The summed E-state index contributed by atoms with van der Waals surface area (Å²) in [4.78, 5) is 11.0. The highest BCUT2D eigenvalue weighted by atomic mass is 32.2. The minimum absolute atomic E-state index is 0.00913. The molecular weight excluding hydrogens is 244 g/mol. The molecule has 94 valence electrons. The molecule has 17 heavy (non-hydrogen) atoms. The van der Waals surface area contributed by atoms with Gasteiger partial charge in [0.05, 0.1) is 22.5 Å². The van der Waals surface area contributed by atoms with Crippen LogP contribution in [0.2, 0.25) is 0 Å². The number of nitrogens with zero attached hydrogens (tertiary/aromatic N) is 1. The molecule has 3 N–H and O–H groups in total. The quantitative estimate of drug-likeness (QED) is 0.401. The van der Waals surface area contributed by atoms with Gasteiger partial charge in [-0.05, 0) is 12.1 Å². The number of nitro benzene ring substituents is 1. The Morgan fingerprint density at radius 3 is 2.82 bits per heavy atom. The molecule has 1 aromatic rings. The summed E-state index contributed by atoms with van der Waals surface area (Å²) in [7, 11) is 1.61. The lowest BCUT2D eigenvalue weighted by Crippen LogP contribution is -2.14. The van der Waals surface area contributed by atoms with Gasteiger partial charge in [-0.25, -0.2) is 0 Å². The van der Waals surface area contributed by atoms with Gasteiger partial charge >= 0.3 is 5.69 Å². The highest BCUT2D eigenvalue weighted by molar-refractivity contribution is 7.99. The molecule has 0 spiro atoms. The van der Waals surface area contributed by atoms with Gasteiger partial charge in [-0.3, -0.25) is 10.1 Å². The van der Waals surface area contributed by atoms with Crippen molar-refractivity contribution in [1.82, 2.24) is 0 Å². The second kappa shape index (κ2) is 6.43. The zero-order chi connectivity index (χ0) is 12.8. The maximum atomic E-state index is 11.0. The third-order valence-corrected chi connectivity index (χ3v) is 3.28. The first-order chi connectivity index (χ1) is 8.10. The summed E-state index contributed by atoms with van der Waals surface area (Å²) in [5.74, 6) is 0.213. The second-order valence-corrected chi connectivity index (χ2v) is 4.37. The van der Waals surface area contributed by atoms with E-state index in [1.807, 2.05) is 0 Å². The van der Waals surface area contributed by atoms with Crippen molar-refractivity contribution in [3.63, 3.8) is 0 Å². The van der Waals surface area contributed by atoms with E-state index in [4.69, 9.17) is 5.11 Å². The van der Waals surface area contributed by atoms with Gasteiger partial charge in [-0.15, -0.1) is 11.8 Å². The Kier molecular flexibility index (Phi) is 5.20. The summed E-state index contributed by atoms with van der Waals surface area (Å²) >= 11 is 1.15. The van der Waals surface area contributed by atoms with Crippen molar-refractivity contribution < 1.29 is 15.1 Å². The van der Waals surface area contributed by atoms with E-state index in [1.165, 1.54) is 0 Å². The van der Waals surface area contributed by atoms with Crippen molar-refractivity contribution in [2.45, 2.75) is 11.0 Å². The molecular formula is C10H14N2O4S. The van der Waals surface area contributed by atoms with Crippen LogP contribution >= 0.6 is 11.8 Å². The molecule has 0 amide bonds. The van der Waals surface area contributed by atoms with E-state index < -0.39 is 11.0 Å². The molecule has 0 aliphatic heterocycles. The Hall–Kier alpha value is -1.31. The van der Waals surface area contributed by atoms with Gasteiger partial charge in [0.2, 0.25) is 0 Å². The van der Waals surface area contributed by atoms with Crippen molar-refractivity contribution in [3.05, 3.63) is 28.3 Å².